The third kappa shape index (κ3) is 2.50. The summed E-state index contributed by atoms with van der Waals surface area (Å²) in [6.07, 6.45) is 5.28. The van der Waals surface area contributed by atoms with E-state index in [1.807, 2.05) is 0 Å². The number of carbonyl (C=O) groups excluding carboxylic acids is 1. The lowest BCUT2D eigenvalue weighted by Crippen LogP contribution is -2.30. The van der Waals surface area contributed by atoms with Crippen molar-refractivity contribution in [2.24, 2.45) is 0 Å². The summed E-state index contributed by atoms with van der Waals surface area (Å²) in [4.78, 5) is 18.8. The van der Waals surface area contributed by atoms with Crippen molar-refractivity contribution in [2.45, 2.75) is 39.2 Å². The lowest BCUT2D eigenvalue weighted by molar-refractivity contribution is 0.102. The second-order valence-corrected chi connectivity index (χ2v) is 5.42. The standard InChI is InChI=1S/C12H18N2OS/c1-3-14-6-4-5-10(14)7-12-13-8-11(16-12)9(2)15/h8,10H,3-7H2,1-2H3. The molecule has 1 unspecified atom stereocenters. The Morgan fingerprint density at radius 3 is 3.12 bits per heavy atom. The van der Waals surface area contributed by atoms with E-state index in [-0.39, 0.29) is 5.78 Å². The predicted molar refractivity (Wildman–Crippen MR) is 66.1 cm³/mol. The van der Waals surface area contributed by atoms with Crippen LogP contribution in [0.15, 0.2) is 6.20 Å². The fourth-order valence-electron chi connectivity index (χ4n) is 2.31. The zero-order valence-electron chi connectivity index (χ0n) is 9.90. The molecule has 0 spiro atoms. The molecule has 1 aromatic rings. The van der Waals surface area contributed by atoms with Gasteiger partial charge in [-0.2, -0.15) is 0 Å². The summed E-state index contributed by atoms with van der Waals surface area (Å²) >= 11 is 1.55. The highest BCUT2D eigenvalue weighted by Gasteiger charge is 2.24. The molecule has 2 rings (SSSR count). The van der Waals surface area contributed by atoms with E-state index in [0.717, 1.165) is 22.9 Å². The van der Waals surface area contributed by atoms with E-state index in [1.165, 1.54) is 19.4 Å². The number of carbonyl (C=O) groups is 1. The van der Waals surface area contributed by atoms with Crippen LogP contribution >= 0.6 is 11.3 Å². The van der Waals surface area contributed by atoms with Crippen LogP contribution in [0.25, 0.3) is 0 Å². The smallest absolute Gasteiger partial charge is 0.171 e. The first kappa shape index (κ1) is 11.7. The van der Waals surface area contributed by atoms with Gasteiger partial charge < -0.3 is 4.90 Å². The minimum absolute atomic E-state index is 0.127. The normalized spacial score (nSPS) is 21.5. The van der Waals surface area contributed by atoms with Gasteiger partial charge in [0.1, 0.15) is 0 Å². The summed E-state index contributed by atoms with van der Waals surface area (Å²) in [7, 11) is 0. The highest BCUT2D eigenvalue weighted by molar-refractivity contribution is 7.13. The highest BCUT2D eigenvalue weighted by atomic mass is 32.1. The van der Waals surface area contributed by atoms with Crippen LogP contribution in [0.5, 0.6) is 0 Å². The zero-order chi connectivity index (χ0) is 11.5. The highest BCUT2D eigenvalue weighted by Crippen LogP contribution is 2.23. The van der Waals surface area contributed by atoms with Crippen LogP contribution in [0, 0.1) is 0 Å². The fourth-order valence-corrected chi connectivity index (χ4v) is 3.20. The van der Waals surface area contributed by atoms with Crippen LogP contribution in [0.1, 0.15) is 41.4 Å². The van der Waals surface area contributed by atoms with Gasteiger partial charge >= 0.3 is 0 Å². The molecule has 0 aromatic carbocycles. The monoisotopic (exact) mass is 238 g/mol. The Labute approximate surface area is 100 Å². The molecule has 88 valence electrons. The minimum atomic E-state index is 0.127. The fraction of sp³-hybridized carbons (Fsp3) is 0.667. The molecule has 1 atom stereocenters. The molecule has 0 saturated carbocycles. The summed E-state index contributed by atoms with van der Waals surface area (Å²) in [5.74, 6) is 0.127. The van der Waals surface area contributed by atoms with E-state index in [2.05, 4.69) is 16.8 Å². The predicted octanol–water partition coefficient (Wildman–Crippen LogP) is 2.37. The van der Waals surface area contributed by atoms with Crippen LogP contribution in [0.3, 0.4) is 0 Å². The van der Waals surface area contributed by atoms with Gasteiger partial charge in [-0.1, -0.05) is 6.92 Å². The van der Waals surface area contributed by atoms with Crippen LogP contribution < -0.4 is 0 Å². The van der Waals surface area contributed by atoms with E-state index in [0.29, 0.717) is 6.04 Å². The number of rotatable bonds is 4. The Bertz CT molecular complexity index is 375. The van der Waals surface area contributed by atoms with Crippen LogP contribution in [0.4, 0.5) is 0 Å². The first-order chi connectivity index (χ1) is 7.70. The van der Waals surface area contributed by atoms with Crippen molar-refractivity contribution in [3.63, 3.8) is 0 Å². The van der Waals surface area contributed by atoms with Gasteiger partial charge in [-0.3, -0.25) is 4.79 Å². The SMILES string of the molecule is CCN1CCCC1Cc1ncc(C(C)=O)s1. The lowest BCUT2D eigenvalue weighted by atomic mass is 10.1. The summed E-state index contributed by atoms with van der Waals surface area (Å²) < 4.78 is 0. The van der Waals surface area contributed by atoms with Gasteiger partial charge in [0.05, 0.1) is 9.88 Å². The number of Topliss-reactive ketones (excluding diaryl/α,β-unsaturated/α-hetero) is 1. The third-order valence-corrected chi connectivity index (χ3v) is 4.34. The van der Waals surface area contributed by atoms with Crippen LogP contribution in [0.2, 0.25) is 0 Å². The van der Waals surface area contributed by atoms with Crippen LogP contribution in [-0.4, -0.2) is 34.8 Å². The number of likely N-dealkylation sites (tertiary alicyclic amines) is 1. The molecule has 0 N–H and O–H groups in total. The van der Waals surface area contributed by atoms with Crippen molar-refractivity contribution in [1.29, 1.82) is 0 Å². The number of aromatic nitrogens is 1. The third-order valence-electron chi connectivity index (χ3n) is 3.22. The zero-order valence-corrected chi connectivity index (χ0v) is 10.7. The molecule has 1 aromatic heterocycles. The Morgan fingerprint density at radius 1 is 1.69 bits per heavy atom. The molecule has 0 aliphatic carbocycles. The number of ketones is 1. The molecule has 2 heterocycles. The average molecular weight is 238 g/mol. The molecule has 1 saturated heterocycles. The summed E-state index contributed by atoms with van der Waals surface area (Å²) in [6.45, 7) is 6.15. The Morgan fingerprint density at radius 2 is 2.50 bits per heavy atom. The van der Waals surface area contributed by atoms with Crippen molar-refractivity contribution in [1.82, 2.24) is 9.88 Å². The maximum atomic E-state index is 11.2. The van der Waals surface area contributed by atoms with Gasteiger partial charge in [-0.05, 0) is 25.9 Å². The first-order valence-corrected chi connectivity index (χ1v) is 6.72. The van der Waals surface area contributed by atoms with Gasteiger partial charge in [0.2, 0.25) is 0 Å². The molecule has 1 aliphatic rings. The van der Waals surface area contributed by atoms with Gasteiger partial charge in [0, 0.05) is 25.6 Å². The molecule has 16 heavy (non-hydrogen) atoms. The number of nitrogens with zero attached hydrogens (tertiary/aromatic N) is 2. The summed E-state index contributed by atoms with van der Waals surface area (Å²) in [5, 5.41) is 1.11. The van der Waals surface area contributed by atoms with E-state index >= 15 is 0 Å². The maximum Gasteiger partial charge on any atom is 0.171 e. The molecule has 0 amide bonds. The van der Waals surface area contributed by atoms with Gasteiger partial charge in [0.25, 0.3) is 0 Å². The number of hydrogen-bond donors (Lipinski definition) is 0. The average Bonchev–Trinajstić information content (AvgIpc) is 2.87. The second kappa shape index (κ2) is 5.06. The lowest BCUT2D eigenvalue weighted by Gasteiger charge is -2.21. The molecular weight excluding hydrogens is 220 g/mol. The Kier molecular flexibility index (Phi) is 3.71. The van der Waals surface area contributed by atoms with Crippen molar-refractivity contribution in [2.75, 3.05) is 13.1 Å². The quantitative estimate of drug-likeness (QED) is 0.755. The molecule has 4 heteroatoms. The van der Waals surface area contributed by atoms with Gasteiger partial charge in [-0.25, -0.2) is 4.98 Å². The van der Waals surface area contributed by atoms with E-state index in [4.69, 9.17) is 0 Å². The maximum absolute atomic E-state index is 11.2. The van der Waals surface area contributed by atoms with E-state index < -0.39 is 0 Å². The Balaban J connectivity index is 2.00. The van der Waals surface area contributed by atoms with Crippen LogP contribution in [-0.2, 0) is 6.42 Å². The number of likely N-dealkylation sites (N-methyl/N-ethyl adjacent to an activating group) is 1. The van der Waals surface area contributed by atoms with Gasteiger partial charge in [-0.15, -0.1) is 11.3 Å². The van der Waals surface area contributed by atoms with E-state index in [9.17, 15) is 4.79 Å². The topological polar surface area (TPSA) is 33.2 Å². The van der Waals surface area contributed by atoms with Crippen molar-refractivity contribution >= 4 is 17.1 Å². The Hall–Kier alpha value is -0.740. The molecule has 3 nitrogen and oxygen atoms in total. The summed E-state index contributed by atoms with van der Waals surface area (Å²) in [5.41, 5.74) is 0. The first-order valence-electron chi connectivity index (χ1n) is 5.90. The number of hydrogen-bond acceptors (Lipinski definition) is 4. The molecule has 0 radical (unpaired) electrons. The molecular formula is C12H18N2OS. The van der Waals surface area contributed by atoms with Crippen molar-refractivity contribution < 1.29 is 4.79 Å². The van der Waals surface area contributed by atoms with Crippen molar-refractivity contribution in [3.05, 3.63) is 16.1 Å². The summed E-state index contributed by atoms with van der Waals surface area (Å²) in [6, 6.07) is 0.635. The largest absolute Gasteiger partial charge is 0.300 e. The van der Waals surface area contributed by atoms with E-state index in [1.54, 1.807) is 24.5 Å². The molecule has 1 aliphatic heterocycles. The molecule has 1 fully saturated rings. The van der Waals surface area contributed by atoms with Gasteiger partial charge in [0.15, 0.2) is 5.78 Å². The van der Waals surface area contributed by atoms with Crippen molar-refractivity contribution in [3.8, 4) is 0 Å². The molecule has 0 bridgehead atoms. The minimum Gasteiger partial charge on any atom is -0.300 e. The second-order valence-electron chi connectivity index (χ2n) is 4.30. The number of thiazole rings is 1.